The SMILES string of the molecule is Cn1ccnc1C(NS(=O)(=O)c1cnc[nH]1)C1CCOCC1. The van der Waals surface area contributed by atoms with Crippen LogP contribution in [0.2, 0.25) is 0 Å². The Balaban J connectivity index is 1.90. The molecule has 22 heavy (non-hydrogen) atoms. The number of aromatic amines is 1. The fourth-order valence-corrected chi connectivity index (χ4v) is 3.87. The lowest BCUT2D eigenvalue weighted by molar-refractivity contribution is 0.0551. The van der Waals surface area contributed by atoms with Crippen molar-refractivity contribution in [3.05, 3.63) is 30.7 Å². The lowest BCUT2D eigenvalue weighted by Gasteiger charge is -2.30. The van der Waals surface area contributed by atoms with Crippen molar-refractivity contribution in [2.24, 2.45) is 13.0 Å². The molecule has 8 nitrogen and oxygen atoms in total. The molecule has 1 fully saturated rings. The minimum atomic E-state index is -3.67. The van der Waals surface area contributed by atoms with E-state index in [-0.39, 0.29) is 10.9 Å². The van der Waals surface area contributed by atoms with Gasteiger partial charge in [-0.3, -0.25) is 0 Å². The molecule has 0 aromatic carbocycles. The van der Waals surface area contributed by atoms with Crippen molar-refractivity contribution >= 4 is 10.0 Å². The van der Waals surface area contributed by atoms with E-state index in [1.165, 1.54) is 12.5 Å². The number of imidazole rings is 2. The van der Waals surface area contributed by atoms with E-state index in [1.807, 2.05) is 17.8 Å². The van der Waals surface area contributed by atoms with E-state index in [0.717, 1.165) is 12.8 Å². The molecule has 0 amide bonds. The summed E-state index contributed by atoms with van der Waals surface area (Å²) in [7, 11) is -1.81. The molecule has 0 aliphatic carbocycles. The van der Waals surface area contributed by atoms with Crippen LogP contribution >= 0.6 is 0 Å². The number of H-pyrrole nitrogens is 1. The van der Waals surface area contributed by atoms with Crippen LogP contribution < -0.4 is 4.72 Å². The first-order valence-electron chi connectivity index (χ1n) is 7.13. The number of rotatable bonds is 5. The van der Waals surface area contributed by atoms with E-state index < -0.39 is 16.1 Å². The third-order valence-electron chi connectivity index (χ3n) is 3.92. The molecule has 1 saturated heterocycles. The average Bonchev–Trinajstić information content (AvgIpc) is 3.17. The molecule has 0 spiro atoms. The Hall–Kier alpha value is -1.71. The number of aromatic nitrogens is 4. The van der Waals surface area contributed by atoms with Gasteiger partial charge in [0.05, 0.1) is 18.6 Å². The molecule has 1 atom stereocenters. The van der Waals surface area contributed by atoms with Crippen molar-refractivity contribution in [2.45, 2.75) is 23.9 Å². The quantitative estimate of drug-likeness (QED) is 0.837. The first kappa shape index (κ1) is 15.2. The van der Waals surface area contributed by atoms with E-state index in [0.29, 0.717) is 19.0 Å². The number of ether oxygens (including phenoxy) is 1. The highest BCUT2D eigenvalue weighted by molar-refractivity contribution is 7.89. The third-order valence-corrected chi connectivity index (χ3v) is 5.29. The Labute approximate surface area is 129 Å². The molecular formula is C13H19N5O3S. The monoisotopic (exact) mass is 325 g/mol. The van der Waals surface area contributed by atoms with Gasteiger partial charge in [0, 0.05) is 32.7 Å². The summed E-state index contributed by atoms with van der Waals surface area (Å²) in [5, 5.41) is 0.0544. The number of nitrogens with one attached hydrogen (secondary N) is 2. The van der Waals surface area contributed by atoms with Crippen LogP contribution in [0.3, 0.4) is 0 Å². The number of sulfonamides is 1. The molecule has 0 saturated carbocycles. The van der Waals surface area contributed by atoms with Gasteiger partial charge in [-0.15, -0.1) is 0 Å². The second kappa shape index (κ2) is 6.19. The molecule has 2 aromatic rings. The smallest absolute Gasteiger partial charge is 0.258 e. The van der Waals surface area contributed by atoms with Gasteiger partial charge in [0.15, 0.2) is 5.03 Å². The van der Waals surface area contributed by atoms with Gasteiger partial charge in [-0.1, -0.05) is 0 Å². The van der Waals surface area contributed by atoms with E-state index in [4.69, 9.17) is 4.74 Å². The standard InChI is InChI=1S/C13H19N5O3S/c1-18-5-4-15-13(18)12(10-2-6-21-7-3-10)17-22(19,20)11-8-14-9-16-11/h4-5,8-10,12,17H,2-3,6-7H2,1H3,(H,14,16). The van der Waals surface area contributed by atoms with Crippen molar-refractivity contribution in [2.75, 3.05) is 13.2 Å². The first-order valence-corrected chi connectivity index (χ1v) is 8.62. The predicted molar refractivity (Wildman–Crippen MR) is 78.4 cm³/mol. The summed E-state index contributed by atoms with van der Waals surface area (Å²) in [6.07, 6.45) is 7.71. The van der Waals surface area contributed by atoms with E-state index in [2.05, 4.69) is 19.7 Å². The Bertz CT molecular complexity index is 704. The van der Waals surface area contributed by atoms with E-state index in [9.17, 15) is 8.42 Å². The summed E-state index contributed by atoms with van der Waals surface area (Å²) >= 11 is 0. The lowest BCUT2D eigenvalue weighted by atomic mass is 9.92. The first-order chi connectivity index (χ1) is 10.6. The molecule has 1 aliphatic heterocycles. The number of nitrogens with zero attached hydrogens (tertiary/aromatic N) is 3. The molecule has 2 aromatic heterocycles. The average molecular weight is 325 g/mol. The third kappa shape index (κ3) is 3.06. The van der Waals surface area contributed by atoms with Crippen LogP contribution in [0.1, 0.15) is 24.7 Å². The minimum absolute atomic E-state index is 0.0544. The van der Waals surface area contributed by atoms with Crippen LogP contribution in [0.4, 0.5) is 0 Å². The molecule has 0 bridgehead atoms. The fourth-order valence-electron chi connectivity index (χ4n) is 2.71. The molecule has 120 valence electrons. The second-order valence-electron chi connectivity index (χ2n) is 5.36. The van der Waals surface area contributed by atoms with Gasteiger partial charge in [-0.2, -0.15) is 4.72 Å². The summed E-state index contributed by atoms with van der Waals surface area (Å²) in [6, 6.07) is -0.391. The maximum atomic E-state index is 12.5. The lowest BCUT2D eigenvalue weighted by Crippen LogP contribution is -2.37. The highest BCUT2D eigenvalue weighted by atomic mass is 32.2. The van der Waals surface area contributed by atoms with Crippen molar-refractivity contribution < 1.29 is 13.2 Å². The van der Waals surface area contributed by atoms with Gasteiger partial charge >= 0.3 is 0 Å². The van der Waals surface area contributed by atoms with Gasteiger partial charge in [0.25, 0.3) is 10.0 Å². The Morgan fingerprint density at radius 2 is 2.23 bits per heavy atom. The Kier molecular flexibility index (Phi) is 4.27. The van der Waals surface area contributed by atoms with Crippen LogP contribution in [-0.4, -0.2) is 41.2 Å². The van der Waals surface area contributed by atoms with Gasteiger partial charge < -0.3 is 14.3 Å². The van der Waals surface area contributed by atoms with Crippen LogP contribution in [0.5, 0.6) is 0 Å². The summed E-state index contributed by atoms with van der Waals surface area (Å²) in [5.74, 6) is 0.850. The van der Waals surface area contributed by atoms with Crippen molar-refractivity contribution in [3.8, 4) is 0 Å². The van der Waals surface area contributed by atoms with Crippen LogP contribution in [0, 0.1) is 5.92 Å². The minimum Gasteiger partial charge on any atom is -0.381 e. The normalized spacial score (nSPS) is 18.4. The van der Waals surface area contributed by atoms with Crippen LogP contribution in [-0.2, 0) is 21.8 Å². The Morgan fingerprint density at radius 1 is 1.45 bits per heavy atom. The highest BCUT2D eigenvalue weighted by Gasteiger charge is 2.32. The Morgan fingerprint density at radius 3 is 2.82 bits per heavy atom. The maximum Gasteiger partial charge on any atom is 0.258 e. The zero-order valence-electron chi connectivity index (χ0n) is 12.3. The van der Waals surface area contributed by atoms with Crippen molar-refractivity contribution in [1.29, 1.82) is 0 Å². The summed E-state index contributed by atoms with van der Waals surface area (Å²) < 4.78 is 35.0. The van der Waals surface area contributed by atoms with Gasteiger partial charge in [0.2, 0.25) is 0 Å². The van der Waals surface area contributed by atoms with Gasteiger partial charge in [-0.05, 0) is 18.8 Å². The fraction of sp³-hybridized carbons (Fsp3) is 0.538. The molecule has 1 unspecified atom stereocenters. The largest absolute Gasteiger partial charge is 0.381 e. The molecule has 3 rings (SSSR count). The number of hydrogen-bond acceptors (Lipinski definition) is 5. The molecule has 2 N–H and O–H groups in total. The summed E-state index contributed by atoms with van der Waals surface area (Å²) in [6.45, 7) is 1.27. The van der Waals surface area contributed by atoms with Crippen molar-refractivity contribution in [1.82, 2.24) is 24.2 Å². The molecule has 3 heterocycles. The van der Waals surface area contributed by atoms with E-state index >= 15 is 0 Å². The second-order valence-corrected chi connectivity index (χ2v) is 7.04. The topological polar surface area (TPSA) is 102 Å². The molecular weight excluding hydrogens is 306 g/mol. The van der Waals surface area contributed by atoms with E-state index in [1.54, 1.807) is 6.20 Å². The molecule has 9 heteroatoms. The number of aryl methyl sites for hydroxylation is 1. The summed E-state index contributed by atoms with van der Waals surface area (Å²) in [4.78, 5) is 10.7. The van der Waals surface area contributed by atoms with Gasteiger partial charge in [-0.25, -0.2) is 18.4 Å². The highest BCUT2D eigenvalue weighted by Crippen LogP contribution is 2.30. The zero-order chi connectivity index (χ0) is 15.6. The zero-order valence-corrected chi connectivity index (χ0v) is 13.1. The van der Waals surface area contributed by atoms with Crippen molar-refractivity contribution in [3.63, 3.8) is 0 Å². The molecule has 0 radical (unpaired) electrons. The van der Waals surface area contributed by atoms with Crippen LogP contribution in [0.25, 0.3) is 0 Å². The number of hydrogen-bond donors (Lipinski definition) is 2. The molecule has 1 aliphatic rings. The maximum absolute atomic E-state index is 12.5. The predicted octanol–water partition coefficient (Wildman–Crippen LogP) is 0.589. The summed E-state index contributed by atoms with van der Waals surface area (Å²) in [5.41, 5.74) is 0. The van der Waals surface area contributed by atoms with Crippen LogP contribution in [0.15, 0.2) is 29.9 Å². The van der Waals surface area contributed by atoms with Gasteiger partial charge in [0.1, 0.15) is 5.82 Å².